The van der Waals surface area contributed by atoms with Crippen molar-refractivity contribution in [3.05, 3.63) is 24.3 Å². The van der Waals surface area contributed by atoms with Gasteiger partial charge in [-0.1, -0.05) is 0 Å². The van der Waals surface area contributed by atoms with Crippen LogP contribution in [-0.2, 0) is 4.79 Å². The molecule has 0 spiro atoms. The molecule has 1 heterocycles. The fraction of sp³-hybridized carbons (Fsp3) is 0.619. The number of amides is 1. The minimum atomic E-state index is -0.692. The predicted molar refractivity (Wildman–Crippen MR) is 105 cm³/mol. The van der Waals surface area contributed by atoms with E-state index in [1.54, 1.807) is 7.11 Å². The Balaban J connectivity index is 1.32. The monoisotopic (exact) mass is 388 g/mol. The fourth-order valence-electron chi connectivity index (χ4n) is 3.81. The number of nitriles is 1. The second-order valence-electron chi connectivity index (χ2n) is 8.09. The molecule has 0 bridgehead atoms. The van der Waals surface area contributed by atoms with E-state index in [2.05, 4.69) is 11.4 Å². The SMILES string of the molecule is COc1ccc(OCC[NH+]2CC[NH+](CC(=O)N[C@@](C)(C#N)C3CC3)CC2)cc1. The van der Waals surface area contributed by atoms with Crippen LogP contribution >= 0.6 is 0 Å². The minimum absolute atomic E-state index is 0.00256. The summed E-state index contributed by atoms with van der Waals surface area (Å²) in [7, 11) is 1.65. The molecule has 28 heavy (non-hydrogen) atoms. The first-order chi connectivity index (χ1) is 13.5. The van der Waals surface area contributed by atoms with Gasteiger partial charge in [0.25, 0.3) is 5.91 Å². The van der Waals surface area contributed by atoms with Crippen molar-refractivity contribution in [2.24, 2.45) is 5.92 Å². The van der Waals surface area contributed by atoms with Gasteiger partial charge in [0.05, 0.1) is 13.2 Å². The number of benzene rings is 1. The first-order valence-electron chi connectivity index (χ1n) is 10.2. The van der Waals surface area contributed by atoms with Crippen LogP contribution in [0.4, 0.5) is 0 Å². The van der Waals surface area contributed by atoms with Gasteiger partial charge in [0.15, 0.2) is 6.54 Å². The van der Waals surface area contributed by atoms with Crippen LogP contribution in [0.15, 0.2) is 24.3 Å². The zero-order valence-corrected chi connectivity index (χ0v) is 16.9. The molecule has 0 radical (unpaired) electrons. The van der Waals surface area contributed by atoms with Gasteiger partial charge in [0.1, 0.15) is 56.4 Å². The van der Waals surface area contributed by atoms with Crippen LogP contribution in [-0.4, -0.2) is 64.4 Å². The zero-order chi connectivity index (χ0) is 20.0. The first-order valence-corrected chi connectivity index (χ1v) is 10.2. The summed E-state index contributed by atoms with van der Waals surface area (Å²) in [5.41, 5.74) is -0.692. The number of hydrogen-bond donors (Lipinski definition) is 3. The predicted octanol–water partition coefficient (Wildman–Crippen LogP) is -1.33. The first kappa shape index (κ1) is 20.4. The zero-order valence-electron chi connectivity index (χ0n) is 16.9. The molecule has 7 heteroatoms. The van der Waals surface area contributed by atoms with Crippen LogP contribution in [0.2, 0.25) is 0 Å². The number of carbonyl (C=O) groups is 1. The molecule has 1 atom stereocenters. The van der Waals surface area contributed by atoms with Gasteiger partial charge in [-0.3, -0.25) is 4.79 Å². The molecule has 1 aromatic carbocycles. The average molecular weight is 389 g/mol. The third-order valence-electron chi connectivity index (χ3n) is 5.88. The maximum absolute atomic E-state index is 12.4. The number of nitrogens with one attached hydrogen (secondary N) is 3. The molecule has 7 nitrogen and oxygen atoms in total. The van der Waals surface area contributed by atoms with E-state index in [0.29, 0.717) is 19.1 Å². The van der Waals surface area contributed by atoms with Crippen molar-refractivity contribution in [2.75, 3.05) is 53.0 Å². The van der Waals surface area contributed by atoms with Crippen molar-refractivity contribution < 1.29 is 24.1 Å². The van der Waals surface area contributed by atoms with E-state index in [1.807, 2.05) is 31.2 Å². The highest BCUT2D eigenvalue weighted by molar-refractivity contribution is 5.78. The molecule has 2 fully saturated rings. The van der Waals surface area contributed by atoms with Crippen LogP contribution in [0, 0.1) is 17.2 Å². The summed E-state index contributed by atoms with van der Waals surface area (Å²) in [5.74, 6) is 2.01. The van der Waals surface area contributed by atoms with Crippen LogP contribution < -0.4 is 24.6 Å². The smallest absolute Gasteiger partial charge is 0.276 e. The molecule has 1 aliphatic heterocycles. The lowest BCUT2D eigenvalue weighted by Crippen LogP contribution is -3.28. The van der Waals surface area contributed by atoms with Crippen LogP contribution in [0.1, 0.15) is 19.8 Å². The van der Waals surface area contributed by atoms with Gasteiger partial charge in [-0.2, -0.15) is 5.26 Å². The standard InChI is InChI=1S/C21H30N4O3/c1-21(16-22,17-3-4-17)23-20(26)15-25-11-9-24(10-12-25)13-14-28-19-7-5-18(27-2)6-8-19/h5-8,17H,3-4,9-15H2,1-2H3,(H,23,26)/p+2/t21-/m0/s1. The number of nitrogens with zero attached hydrogens (tertiary/aromatic N) is 1. The average Bonchev–Trinajstić information content (AvgIpc) is 3.55. The molecule has 1 amide bonds. The lowest BCUT2D eigenvalue weighted by molar-refractivity contribution is -1.01. The Morgan fingerprint density at radius 1 is 1.18 bits per heavy atom. The molecule has 3 N–H and O–H groups in total. The fourth-order valence-corrected chi connectivity index (χ4v) is 3.81. The van der Waals surface area contributed by atoms with Gasteiger partial charge in [-0.25, -0.2) is 0 Å². The van der Waals surface area contributed by atoms with Crippen LogP contribution in [0.3, 0.4) is 0 Å². The highest BCUT2D eigenvalue weighted by Crippen LogP contribution is 2.39. The molecule has 0 unspecified atom stereocenters. The van der Waals surface area contributed by atoms with Gasteiger partial charge in [-0.05, 0) is 49.9 Å². The molecule has 2 aliphatic rings. The van der Waals surface area contributed by atoms with E-state index in [-0.39, 0.29) is 5.91 Å². The van der Waals surface area contributed by atoms with Crippen LogP contribution in [0.25, 0.3) is 0 Å². The molecule has 1 aromatic rings. The van der Waals surface area contributed by atoms with E-state index in [4.69, 9.17) is 9.47 Å². The summed E-state index contributed by atoms with van der Waals surface area (Å²) in [6.45, 7) is 7.96. The van der Waals surface area contributed by atoms with E-state index in [9.17, 15) is 10.1 Å². The second-order valence-corrected chi connectivity index (χ2v) is 8.09. The van der Waals surface area contributed by atoms with E-state index < -0.39 is 5.54 Å². The number of ether oxygens (including phenoxy) is 2. The molecule has 0 aromatic heterocycles. The molecular weight excluding hydrogens is 356 g/mol. The number of methoxy groups -OCH3 is 1. The quantitative estimate of drug-likeness (QED) is 0.490. The lowest BCUT2D eigenvalue weighted by Gasteiger charge is -2.30. The number of piperazine rings is 1. The van der Waals surface area contributed by atoms with Gasteiger partial charge in [0, 0.05) is 0 Å². The number of hydrogen-bond acceptors (Lipinski definition) is 4. The van der Waals surface area contributed by atoms with E-state index >= 15 is 0 Å². The Labute approximate surface area is 167 Å². The molecule has 1 aliphatic carbocycles. The summed E-state index contributed by atoms with van der Waals surface area (Å²) in [6, 6.07) is 9.93. The summed E-state index contributed by atoms with van der Waals surface area (Å²) < 4.78 is 11.0. The topological polar surface area (TPSA) is 80.2 Å². The van der Waals surface area contributed by atoms with Gasteiger partial charge in [0.2, 0.25) is 0 Å². The van der Waals surface area contributed by atoms with E-state index in [1.165, 1.54) is 9.80 Å². The van der Waals surface area contributed by atoms with Crippen molar-refractivity contribution in [3.63, 3.8) is 0 Å². The Morgan fingerprint density at radius 2 is 1.79 bits per heavy atom. The van der Waals surface area contributed by atoms with Crippen molar-refractivity contribution >= 4 is 5.91 Å². The van der Waals surface area contributed by atoms with Crippen LogP contribution in [0.5, 0.6) is 11.5 Å². The molecule has 3 rings (SSSR count). The molecule has 152 valence electrons. The maximum atomic E-state index is 12.4. The molecule has 1 saturated carbocycles. The van der Waals surface area contributed by atoms with Crippen molar-refractivity contribution in [1.29, 1.82) is 5.26 Å². The summed E-state index contributed by atoms with van der Waals surface area (Å²) in [4.78, 5) is 15.2. The maximum Gasteiger partial charge on any atom is 0.276 e. The highest BCUT2D eigenvalue weighted by atomic mass is 16.5. The Hall–Kier alpha value is -2.30. The normalized spacial score (nSPS) is 23.9. The lowest BCUT2D eigenvalue weighted by atomic mass is 9.98. The Morgan fingerprint density at radius 3 is 2.36 bits per heavy atom. The molecular formula is C21H32N4O3+2. The largest absolute Gasteiger partial charge is 0.497 e. The third-order valence-corrected chi connectivity index (χ3v) is 5.88. The van der Waals surface area contributed by atoms with E-state index in [0.717, 1.165) is 57.1 Å². The van der Waals surface area contributed by atoms with Crippen molar-refractivity contribution in [2.45, 2.75) is 25.3 Å². The number of quaternary nitrogens is 2. The minimum Gasteiger partial charge on any atom is -0.497 e. The summed E-state index contributed by atoms with van der Waals surface area (Å²) in [5, 5.41) is 12.4. The molecule has 1 saturated heterocycles. The Kier molecular flexibility index (Phi) is 6.76. The third kappa shape index (κ3) is 5.60. The second kappa shape index (κ2) is 9.26. The summed E-state index contributed by atoms with van der Waals surface area (Å²) >= 11 is 0. The number of carbonyl (C=O) groups excluding carboxylic acids is 1. The summed E-state index contributed by atoms with van der Waals surface area (Å²) in [6.07, 6.45) is 2.08. The van der Waals surface area contributed by atoms with Gasteiger partial charge < -0.3 is 24.6 Å². The van der Waals surface area contributed by atoms with Crippen molar-refractivity contribution in [3.8, 4) is 17.6 Å². The highest BCUT2D eigenvalue weighted by Gasteiger charge is 2.43. The number of rotatable bonds is 9. The van der Waals surface area contributed by atoms with Gasteiger partial charge in [-0.15, -0.1) is 0 Å². The van der Waals surface area contributed by atoms with Crippen molar-refractivity contribution in [1.82, 2.24) is 5.32 Å². The Bertz CT molecular complexity index is 691. The van der Waals surface area contributed by atoms with Gasteiger partial charge >= 0.3 is 0 Å².